The fourth-order valence-electron chi connectivity index (χ4n) is 1.98. The van der Waals surface area contributed by atoms with E-state index in [2.05, 4.69) is 17.1 Å². The number of ketones is 1. The number of carbonyl (C=O) groups excluding carboxylic acids is 2. The Labute approximate surface area is 184 Å². The van der Waals surface area contributed by atoms with Crippen molar-refractivity contribution in [3.05, 3.63) is 77.1 Å². The van der Waals surface area contributed by atoms with Crippen molar-refractivity contribution in [2.45, 2.75) is 13.8 Å². The summed E-state index contributed by atoms with van der Waals surface area (Å²) in [5.74, 6) is 0.605. The number of hydrogen-bond acceptors (Lipinski definition) is 7. The molecule has 1 N–H and O–H groups in total. The number of nitriles is 1. The number of thiophene rings is 1. The molecule has 0 atom stereocenters. The Morgan fingerprint density at radius 2 is 2.00 bits per heavy atom. The molecule has 3 rings (SSSR count). The predicted molar refractivity (Wildman–Crippen MR) is 123 cm³/mol. The maximum absolute atomic E-state index is 11.6. The van der Waals surface area contributed by atoms with Crippen LogP contribution in [0.3, 0.4) is 0 Å². The van der Waals surface area contributed by atoms with Crippen molar-refractivity contribution in [1.29, 1.82) is 5.26 Å². The summed E-state index contributed by atoms with van der Waals surface area (Å²) in [5, 5.41) is 18.2. The standard InChI is InChI=1S/C13H12N2O2.C7H5NOS2.C2H6/c1-2-8-14-13(16)11-9-12(17-15-11)10-6-4-3-5-7-10;8-5-10-4-6(9)7-2-1-3-11-7;1-2/h2-7,9H,1,8H2,(H,14,16);1-3H,4H2;1-2H3. The second-order valence-electron chi connectivity index (χ2n) is 5.22. The van der Waals surface area contributed by atoms with E-state index >= 15 is 0 Å². The van der Waals surface area contributed by atoms with Gasteiger partial charge in [-0.25, -0.2) is 0 Å². The molecule has 0 saturated heterocycles. The summed E-state index contributed by atoms with van der Waals surface area (Å²) < 4.78 is 5.12. The summed E-state index contributed by atoms with van der Waals surface area (Å²) in [6.07, 6.45) is 1.61. The van der Waals surface area contributed by atoms with Crippen LogP contribution < -0.4 is 5.32 Å². The number of aromatic nitrogens is 1. The molecule has 0 saturated carbocycles. The first-order valence-corrected chi connectivity index (χ1v) is 11.0. The minimum atomic E-state index is -0.268. The summed E-state index contributed by atoms with van der Waals surface area (Å²) in [5.41, 5.74) is 1.16. The first-order valence-electron chi connectivity index (χ1n) is 9.14. The zero-order valence-electron chi connectivity index (χ0n) is 16.8. The van der Waals surface area contributed by atoms with Crippen LogP contribution >= 0.6 is 23.1 Å². The van der Waals surface area contributed by atoms with Crippen molar-refractivity contribution in [1.82, 2.24) is 10.5 Å². The molecule has 0 unspecified atom stereocenters. The molecule has 1 aromatic carbocycles. The summed E-state index contributed by atoms with van der Waals surface area (Å²) in [7, 11) is 0. The molecule has 1 amide bonds. The lowest BCUT2D eigenvalue weighted by molar-refractivity contribution is 0.0948. The molecule has 3 aromatic rings. The first kappa shape index (κ1) is 24.9. The van der Waals surface area contributed by atoms with Crippen molar-refractivity contribution < 1.29 is 14.1 Å². The maximum Gasteiger partial charge on any atom is 0.273 e. The molecular formula is C22H23N3O3S2. The summed E-state index contributed by atoms with van der Waals surface area (Å²) in [6.45, 7) is 7.93. The third kappa shape index (κ3) is 8.47. The zero-order chi connectivity index (χ0) is 22.2. The van der Waals surface area contributed by atoms with Crippen LogP contribution in [-0.2, 0) is 0 Å². The molecule has 8 heteroatoms. The fourth-order valence-corrected chi connectivity index (χ4v) is 3.09. The summed E-state index contributed by atoms with van der Waals surface area (Å²) >= 11 is 2.39. The Kier molecular flexibility index (Phi) is 12.3. The molecule has 30 heavy (non-hydrogen) atoms. The Morgan fingerprint density at radius 3 is 2.60 bits per heavy atom. The highest BCUT2D eigenvalue weighted by molar-refractivity contribution is 8.04. The van der Waals surface area contributed by atoms with Crippen molar-refractivity contribution in [3.63, 3.8) is 0 Å². The number of thioether (sulfide) groups is 1. The number of benzene rings is 1. The van der Waals surface area contributed by atoms with E-state index in [9.17, 15) is 9.59 Å². The van der Waals surface area contributed by atoms with Gasteiger partial charge in [0.25, 0.3) is 5.91 Å². The third-order valence-corrected chi connectivity index (χ3v) is 4.72. The van der Waals surface area contributed by atoms with Gasteiger partial charge in [-0.2, -0.15) is 5.26 Å². The highest BCUT2D eigenvalue weighted by Gasteiger charge is 2.12. The largest absolute Gasteiger partial charge is 0.355 e. The molecule has 0 aliphatic carbocycles. The fraction of sp³-hybridized carbons (Fsp3) is 0.182. The number of nitrogens with one attached hydrogen (secondary N) is 1. The minimum Gasteiger partial charge on any atom is -0.355 e. The Hall–Kier alpha value is -3.15. The van der Waals surface area contributed by atoms with Gasteiger partial charge < -0.3 is 9.84 Å². The SMILES string of the molecule is C=CCNC(=O)c1cc(-c2ccccc2)on1.CC.N#CSCC(=O)c1cccs1. The Bertz CT molecular complexity index is 946. The van der Waals surface area contributed by atoms with Crippen LogP contribution in [-0.4, -0.2) is 29.1 Å². The van der Waals surface area contributed by atoms with Crippen LogP contribution in [0.15, 0.2) is 71.1 Å². The van der Waals surface area contributed by atoms with Gasteiger partial charge in [-0.3, -0.25) is 9.59 Å². The Morgan fingerprint density at radius 1 is 1.27 bits per heavy atom. The van der Waals surface area contributed by atoms with Crippen LogP contribution in [0.2, 0.25) is 0 Å². The van der Waals surface area contributed by atoms with E-state index in [1.54, 1.807) is 18.2 Å². The molecule has 2 aromatic heterocycles. The molecule has 2 heterocycles. The minimum absolute atomic E-state index is 0.0338. The topological polar surface area (TPSA) is 96.0 Å². The van der Waals surface area contributed by atoms with Crippen LogP contribution in [0.1, 0.15) is 34.0 Å². The van der Waals surface area contributed by atoms with Gasteiger partial charge in [0, 0.05) is 18.2 Å². The van der Waals surface area contributed by atoms with Gasteiger partial charge in [-0.1, -0.05) is 61.5 Å². The van der Waals surface area contributed by atoms with E-state index in [0.717, 1.165) is 22.2 Å². The summed E-state index contributed by atoms with van der Waals surface area (Å²) in [4.78, 5) is 23.4. The van der Waals surface area contributed by atoms with Crippen molar-refractivity contribution in [3.8, 4) is 16.7 Å². The number of hydrogen-bond donors (Lipinski definition) is 1. The second kappa shape index (κ2) is 14.8. The molecule has 0 bridgehead atoms. The number of nitrogens with zero attached hydrogens (tertiary/aromatic N) is 2. The van der Waals surface area contributed by atoms with Crippen LogP contribution in [0.5, 0.6) is 0 Å². The molecule has 156 valence electrons. The van der Waals surface area contributed by atoms with Crippen LogP contribution in [0.4, 0.5) is 0 Å². The predicted octanol–water partition coefficient (Wildman–Crippen LogP) is 5.43. The van der Waals surface area contributed by atoms with Gasteiger partial charge in [-0.05, 0) is 23.2 Å². The molecule has 0 radical (unpaired) electrons. The van der Waals surface area contributed by atoms with Gasteiger partial charge >= 0.3 is 0 Å². The average molecular weight is 442 g/mol. The lowest BCUT2D eigenvalue weighted by Crippen LogP contribution is -2.23. The van der Waals surface area contributed by atoms with E-state index in [-0.39, 0.29) is 23.1 Å². The van der Waals surface area contributed by atoms with Gasteiger partial charge in [-0.15, -0.1) is 17.9 Å². The number of Topliss-reactive ketones (excluding diaryl/α,β-unsaturated/α-hetero) is 1. The van der Waals surface area contributed by atoms with Crippen molar-refractivity contribution in [2.75, 3.05) is 12.3 Å². The Balaban J connectivity index is 0.000000300. The number of thiocyanates is 1. The summed E-state index contributed by atoms with van der Waals surface area (Å²) in [6, 6.07) is 14.7. The van der Waals surface area contributed by atoms with Crippen LogP contribution in [0, 0.1) is 10.7 Å². The highest BCUT2D eigenvalue weighted by Crippen LogP contribution is 2.19. The lowest BCUT2D eigenvalue weighted by atomic mass is 10.1. The van der Waals surface area contributed by atoms with E-state index < -0.39 is 0 Å². The number of amides is 1. The van der Waals surface area contributed by atoms with Gasteiger partial charge in [0.05, 0.1) is 10.6 Å². The average Bonchev–Trinajstić information content (AvgIpc) is 3.51. The van der Waals surface area contributed by atoms with E-state index in [1.165, 1.54) is 11.3 Å². The van der Waals surface area contributed by atoms with Gasteiger partial charge in [0.1, 0.15) is 5.40 Å². The quantitative estimate of drug-likeness (QED) is 0.298. The van der Waals surface area contributed by atoms with Gasteiger partial charge in [0.2, 0.25) is 0 Å². The number of rotatable bonds is 7. The highest BCUT2D eigenvalue weighted by atomic mass is 32.2. The molecule has 0 fully saturated rings. The van der Waals surface area contributed by atoms with Crippen LogP contribution in [0.25, 0.3) is 11.3 Å². The molecular weight excluding hydrogens is 418 g/mol. The van der Waals surface area contributed by atoms with Crippen molar-refractivity contribution >= 4 is 34.8 Å². The third-order valence-electron chi connectivity index (χ3n) is 3.27. The van der Waals surface area contributed by atoms with Crippen molar-refractivity contribution in [2.24, 2.45) is 0 Å². The molecule has 6 nitrogen and oxygen atoms in total. The lowest BCUT2D eigenvalue weighted by Gasteiger charge is -1.95. The van der Waals surface area contributed by atoms with E-state index in [0.29, 0.717) is 12.3 Å². The smallest absolute Gasteiger partial charge is 0.273 e. The van der Waals surface area contributed by atoms with Gasteiger partial charge in [0.15, 0.2) is 17.2 Å². The number of carbonyl (C=O) groups is 2. The molecule has 0 aliphatic rings. The second-order valence-corrected chi connectivity index (χ2v) is 6.93. The monoisotopic (exact) mass is 441 g/mol. The van der Waals surface area contributed by atoms with E-state index in [4.69, 9.17) is 9.78 Å². The zero-order valence-corrected chi connectivity index (χ0v) is 18.5. The molecule has 0 spiro atoms. The normalized spacial score (nSPS) is 9.10. The maximum atomic E-state index is 11.6. The first-order chi connectivity index (χ1) is 14.7. The van der Waals surface area contributed by atoms with E-state index in [1.807, 2.05) is 61.0 Å². The molecule has 0 aliphatic heterocycles.